The lowest BCUT2D eigenvalue weighted by atomic mass is 9.98. The van der Waals surface area contributed by atoms with E-state index in [1.807, 2.05) is 24.9 Å². The Balaban J connectivity index is 1.70. The van der Waals surface area contributed by atoms with Crippen LogP contribution in [0.5, 0.6) is 0 Å². The van der Waals surface area contributed by atoms with Crippen molar-refractivity contribution in [2.24, 2.45) is 13.0 Å². The maximum atomic E-state index is 4.51. The smallest absolute Gasteiger partial charge is 0.157 e. The highest BCUT2D eigenvalue weighted by atomic mass is 15.3. The second-order valence-electron chi connectivity index (χ2n) is 5.96. The SMILES string of the molecule is Cc1nn(C)c2ncc(NCC3CCCN(C)C3)cc12. The van der Waals surface area contributed by atoms with Gasteiger partial charge >= 0.3 is 0 Å². The van der Waals surface area contributed by atoms with E-state index in [0.717, 1.165) is 34.9 Å². The molecular formula is C15H23N5. The van der Waals surface area contributed by atoms with Crippen molar-refractivity contribution in [3.05, 3.63) is 18.0 Å². The van der Waals surface area contributed by atoms with Crippen molar-refractivity contribution in [1.29, 1.82) is 0 Å². The molecule has 2 aromatic rings. The zero-order valence-corrected chi connectivity index (χ0v) is 12.6. The summed E-state index contributed by atoms with van der Waals surface area (Å²) < 4.78 is 1.84. The number of aryl methyl sites for hydroxylation is 2. The third-order valence-corrected chi connectivity index (χ3v) is 4.18. The molecular weight excluding hydrogens is 250 g/mol. The van der Waals surface area contributed by atoms with Gasteiger partial charge in [-0.3, -0.25) is 4.68 Å². The Bertz CT molecular complexity index is 604. The second-order valence-corrected chi connectivity index (χ2v) is 5.96. The lowest BCUT2D eigenvalue weighted by Crippen LogP contribution is -2.35. The van der Waals surface area contributed by atoms with Crippen molar-refractivity contribution >= 4 is 16.7 Å². The zero-order chi connectivity index (χ0) is 14.1. The predicted octanol–water partition coefficient (Wildman–Crippen LogP) is 2.03. The monoisotopic (exact) mass is 273 g/mol. The first kappa shape index (κ1) is 13.4. The summed E-state index contributed by atoms with van der Waals surface area (Å²) in [4.78, 5) is 6.93. The van der Waals surface area contributed by atoms with Gasteiger partial charge in [0.1, 0.15) is 0 Å². The molecule has 5 heteroatoms. The van der Waals surface area contributed by atoms with Crippen LogP contribution in [0.3, 0.4) is 0 Å². The molecule has 0 bridgehead atoms. The minimum Gasteiger partial charge on any atom is -0.383 e. The van der Waals surface area contributed by atoms with Gasteiger partial charge in [-0.1, -0.05) is 0 Å². The largest absolute Gasteiger partial charge is 0.383 e. The first-order valence-corrected chi connectivity index (χ1v) is 7.35. The fourth-order valence-electron chi connectivity index (χ4n) is 3.11. The molecule has 0 spiro atoms. The minimum atomic E-state index is 0.736. The van der Waals surface area contributed by atoms with Crippen molar-refractivity contribution in [1.82, 2.24) is 19.7 Å². The Morgan fingerprint density at radius 2 is 2.25 bits per heavy atom. The summed E-state index contributed by atoms with van der Waals surface area (Å²) in [5, 5.41) is 9.09. The molecule has 0 saturated carbocycles. The van der Waals surface area contributed by atoms with E-state index in [0.29, 0.717) is 0 Å². The number of nitrogens with zero attached hydrogens (tertiary/aromatic N) is 4. The van der Waals surface area contributed by atoms with E-state index in [-0.39, 0.29) is 0 Å². The maximum Gasteiger partial charge on any atom is 0.157 e. The van der Waals surface area contributed by atoms with Gasteiger partial charge in [0, 0.05) is 25.5 Å². The summed E-state index contributed by atoms with van der Waals surface area (Å²) in [6, 6.07) is 2.16. The molecule has 1 atom stereocenters. The van der Waals surface area contributed by atoms with Gasteiger partial charge in [0.2, 0.25) is 0 Å². The van der Waals surface area contributed by atoms with E-state index >= 15 is 0 Å². The molecule has 1 N–H and O–H groups in total. The molecule has 1 aliphatic heterocycles. The van der Waals surface area contributed by atoms with Gasteiger partial charge in [0.15, 0.2) is 5.65 Å². The number of hydrogen-bond donors (Lipinski definition) is 1. The van der Waals surface area contributed by atoms with Crippen molar-refractivity contribution in [3.63, 3.8) is 0 Å². The summed E-state index contributed by atoms with van der Waals surface area (Å²) >= 11 is 0. The van der Waals surface area contributed by atoms with Gasteiger partial charge in [0.05, 0.1) is 17.6 Å². The van der Waals surface area contributed by atoms with Crippen LogP contribution in [0.4, 0.5) is 5.69 Å². The zero-order valence-electron chi connectivity index (χ0n) is 12.6. The van der Waals surface area contributed by atoms with Gasteiger partial charge in [0.25, 0.3) is 0 Å². The van der Waals surface area contributed by atoms with Crippen LogP contribution in [0.2, 0.25) is 0 Å². The normalized spacial score (nSPS) is 20.4. The summed E-state index contributed by atoms with van der Waals surface area (Å²) in [5.74, 6) is 0.736. The van der Waals surface area contributed by atoms with Crippen LogP contribution >= 0.6 is 0 Å². The first-order chi connectivity index (χ1) is 9.63. The van der Waals surface area contributed by atoms with Gasteiger partial charge in [-0.05, 0) is 45.3 Å². The summed E-state index contributed by atoms with van der Waals surface area (Å²) in [6.07, 6.45) is 4.54. The molecule has 0 aromatic carbocycles. The van der Waals surface area contributed by atoms with Crippen molar-refractivity contribution in [3.8, 4) is 0 Å². The number of aromatic nitrogens is 3. The molecule has 20 heavy (non-hydrogen) atoms. The van der Waals surface area contributed by atoms with Crippen LogP contribution in [0.15, 0.2) is 12.3 Å². The number of likely N-dealkylation sites (tertiary alicyclic amines) is 1. The maximum absolute atomic E-state index is 4.51. The van der Waals surface area contributed by atoms with E-state index in [1.54, 1.807) is 0 Å². The Labute approximate surface area is 120 Å². The number of anilines is 1. The molecule has 108 valence electrons. The molecule has 0 amide bonds. The average Bonchev–Trinajstić information content (AvgIpc) is 2.72. The standard InChI is InChI=1S/C15H23N5/c1-11-14-7-13(9-17-15(14)20(3)18-11)16-8-12-5-4-6-19(2)10-12/h7,9,12,16H,4-6,8,10H2,1-3H3. The third-order valence-electron chi connectivity index (χ3n) is 4.18. The Kier molecular flexibility index (Phi) is 3.61. The Hall–Kier alpha value is -1.62. The lowest BCUT2D eigenvalue weighted by Gasteiger charge is -2.29. The molecule has 1 aliphatic rings. The second kappa shape index (κ2) is 5.40. The molecule has 0 radical (unpaired) electrons. The van der Waals surface area contributed by atoms with Gasteiger partial charge in [-0.25, -0.2) is 4.98 Å². The molecule has 1 unspecified atom stereocenters. The van der Waals surface area contributed by atoms with E-state index < -0.39 is 0 Å². The Morgan fingerprint density at radius 1 is 1.40 bits per heavy atom. The van der Waals surface area contributed by atoms with Crippen molar-refractivity contribution in [2.45, 2.75) is 19.8 Å². The van der Waals surface area contributed by atoms with Crippen LogP contribution in [0.1, 0.15) is 18.5 Å². The van der Waals surface area contributed by atoms with E-state index in [2.05, 4.69) is 33.4 Å². The number of pyridine rings is 1. The molecule has 5 nitrogen and oxygen atoms in total. The van der Waals surface area contributed by atoms with Gasteiger partial charge in [-0.15, -0.1) is 0 Å². The van der Waals surface area contributed by atoms with E-state index in [9.17, 15) is 0 Å². The van der Waals surface area contributed by atoms with E-state index in [1.165, 1.54) is 25.9 Å². The quantitative estimate of drug-likeness (QED) is 0.929. The molecule has 1 fully saturated rings. The van der Waals surface area contributed by atoms with Crippen molar-refractivity contribution in [2.75, 3.05) is 32.0 Å². The van der Waals surface area contributed by atoms with Crippen LogP contribution in [0, 0.1) is 12.8 Å². The van der Waals surface area contributed by atoms with Crippen molar-refractivity contribution < 1.29 is 0 Å². The van der Waals surface area contributed by atoms with Crippen LogP contribution < -0.4 is 5.32 Å². The third kappa shape index (κ3) is 2.63. The summed E-state index contributed by atoms with van der Waals surface area (Å²) in [5.41, 5.74) is 3.09. The van der Waals surface area contributed by atoms with E-state index in [4.69, 9.17) is 0 Å². The predicted molar refractivity (Wildman–Crippen MR) is 82.0 cm³/mol. The number of fused-ring (bicyclic) bond motifs is 1. The summed E-state index contributed by atoms with van der Waals surface area (Å²) in [7, 11) is 4.14. The fourth-order valence-corrected chi connectivity index (χ4v) is 3.11. The fraction of sp³-hybridized carbons (Fsp3) is 0.600. The first-order valence-electron chi connectivity index (χ1n) is 7.35. The highest BCUT2D eigenvalue weighted by molar-refractivity contribution is 5.81. The molecule has 1 saturated heterocycles. The van der Waals surface area contributed by atoms with Crippen LogP contribution in [-0.4, -0.2) is 46.3 Å². The van der Waals surface area contributed by atoms with Gasteiger partial charge < -0.3 is 10.2 Å². The Morgan fingerprint density at radius 3 is 3.05 bits per heavy atom. The highest BCUT2D eigenvalue weighted by Gasteiger charge is 2.17. The minimum absolute atomic E-state index is 0.736. The lowest BCUT2D eigenvalue weighted by molar-refractivity contribution is 0.217. The molecule has 3 rings (SSSR count). The molecule has 2 aromatic heterocycles. The topological polar surface area (TPSA) is 46.0 Å². The van der Waals surface area contributed by atoms with Crippen LogP contribution in [-0.2, 0) is 7.05 Å². The molecule has 0 aliphatic carbocycles. The number of rotatable bonds is 3. The number of nitrogens with one attached hydrogen (secondary N) is 1. The van der Waals surface area contributed by atoms with Gasteiger partial charge in [-0.2, -0.15) is 5.10 Å². The molecule has 3 heterocycles. The highest BCUT2D eigenvalue weighted by Crippen LogP contribution is 2.20. The number of piperidine rings is 1. The van der Waals surface area contributed by atoms with Crippen LogP contribution in [0.25, 0.3) is 11.0 Å². The summed E-state index contributed by atoms with van der Waals surface area (Å²) in [6.45, 7) is 5.48. The number of hydrogen-bond acceptors (Lipinski definition) is 4. The average molecular weight is 273 g/mol.